The Morgan fingerprint density at radius 1 is 1.42 bits per heavy atom. The third-order valence-electron chi connectivity index (χ3n) is 3.07. The first kappa shape index (κ1) is 14.1. The molecule has 6 heteroatoms. The van der Waals surface area contributed by atoms with E-state index in [1.54, 1.807) is 4.68 Å². The van der Waals surface area contributed by atoms with Crippen LogP contribution in [-0.2, 0) is 20.1 Å². The lowest BCUT2D eigenvalue weighted by molar-refractivity contribution is 0.554. The number of aryl methyl sites for hydroxylation is 2. The van der Waals surface area contributed by atoms with E-state index in [4.69, 9.17) is 11.6 Å². The standard InChI is InChI=1S/C13H20ClN5/c1-9(2)16-7-12-15-5-6-19(12)8-11-10(3)17-18(4)13(11)14/h5-6,9,16H,7-8H2,1-4H3. The van der Waals surface area contributed by atoms with Crippen molar-refractivity contribution in [1.29, 1.82) is 0 Å². The number of rotatable bonds is 5. The van der Waals surface area contributed by atoms with E-state index in [1.807, 2.05) is 26.4 Å². The Bertz CT molecular complexity index is 555. The second kappa shape index (κ2) is 5.75. The number of halogens is 1. The Labute approximate surface area is 118 Å². The fourth-order valence-electron chi connectivity index (χ4n) is 1.97. The first-order chi connectivity index (χ1) is 8.99. The molecule has 0 unspecified atom stereocenters. The average molecular weight is 282 g/mol. The molecule has 2 rings (SSSR count). The van der Waals surface area contributed by atoms with Gasteiger partial charge in [-0.05, 0) is 6.92 Å². The largest absolute Gasteiger partial charge is 0.329 e. The van der Waals surface area contributed by atoms with E-state index in [2.05, 4.69) is 33.8 Å². The van der Waals surface area contributed by atoms with Gasteiger partial charge >= 0.3 is 0 Å². The first-order valence-corrected chi connectivity index (χ1v) is 6.78. The Hall–Kier alpha value is -1.33. The minimum atomic E-state index is 0.439. The van der Waals surface area contributed by atoms with Crippen molar-refractivity contribution in [2.45, 2.75) is 39.9 Å². The quantitative estimate of drug-likeness (QED) is 0.913. The van der Waals surface area contributed by atoms with Gasteiger partial charge in [-0.1, -0.05) is 25.4 Å². The van der Waals surface area contributed by atoms with Gasteiger partial charge in [-0.2, -0.15) is 5.10 Å². The zero-order valence-corrected chi connectivity index (χ0v) is 12.6. The third kappa shape index (κ3) is 3.16. The van der Waals surface area contributed by atoms with Gasteiger partial charge in [-0.15, -0.1) is 0 Å². The van der Waals surface area contributed by atoms with Gasteiger partial charge in [0, 0.05) is 31.0 Å². The number of nitrogens with zero attached hydrogens (tertiary/aromatic N) is 4. The van der Waals surface area contributed by atoms with E-state index in [1.165, 1.54) is 0 Å². The molecule has 0 aliphatic carbocycles. The summed E-state index contributed by atoms with van der Waals surface area (Å²) in [5.74, 6) is 1.01. The zero-order valence-electron chi connectivity index (χ0n) is 11.8. The molecule has 1 N–H and O–H groups in total. The highest BCUT2D eigenvalue weighted by Gasteiger charge is 2.13. The van der Waals surface area contributed by atoms with Crippen LogP contribution < -0.4 is 5.32 Å². The van der Waals surface area contributed by atoms with Crippen LogP contribution in [0.1, 0.15) is 30.9 Å². The van der Waals surface area contributed by atoms with E-state index >= 15 is 0 Å². The van der Waals surface area contributed by atoms with Crippen molar-refractivity contribution >= 4 is 11.6 Å². The predicted molar refractivity (Wildman–Crippen MR) is 76.3 cm³/mol. The van der Waals surface area contributed by atoms with E-state index in [0.717, 1.165) is 23.6 Å². The second-order valence-corrected chi connectivity index (χ2v) is 5.34. The molecule has 5 nitrogen and oxygen atoms in total. The molecule has 0 aromatic carbocycles. The smallest absolute Gasteiger partial charge is 0.131 e. The highest BCUT2D eigenvalue weighted by Crippen LogP contribution is 2.20. The van der Waals surface area contributed by atoms with Crippen molar-refractivity contribution in [2.24, 2.45) is 7.05 Å². The Kier molecular flexibility index (Phi) is 4.27. The lowest BCUT2D eigenvalue weighted by Crippen LogP contribution is -2.24. The van der Waals surface area contributed by atoms with Crippen molar-refractivity contribution in [1.82, 2.24) is 24.6 Å². The monoisotopic (exact) mass is 281 g/mol. The Morgan fingerprint density at radius 2 is 2.16 bits per heavy atom. The zero-order chi connectivity index (χ0) is 14.0. The number of imidazole rings is 1. The van der Waals surface area contributed by atoms with Crippen molar-refractivity contribution in [3.05, 3.63) is 34.6 Å². The van der Waals surface area contributed by atoms with Gasteiger partial charge in [0.1, 0.15) is 11.0 Å². The fourth-order valence-corrected chi connectivity index (χ4v) is 2.20. The molecule has 0 saturated heterocycles. The molecule has 0 bridgehead atoms. The van der Waals surface area contributed by atoms with E-state index in [0.29, 0.717) is 17.7 Å². The molecular formula is C13H20ClN5. The summed E-state index contributed by atoms with van der Waals surface area (Å²) in [4.78, 5) is 4.38. The van der Waals surface area contributed by atoms with Crippen molar-refractivity contribution in [3.8, 4) is 0 Å². The molecule has 19 heavy (non-hydrogen) atoms. The van der Waals surface area contributed by atoms with Gasteiger partial charge in [0.15, 0.2) is 0 Å². The molecule has 0 spiro atoms. The molecule has 0 radical (unpaired) electrons. The van der Waals surface area contributed by atoms with Crippen LogP contribution in [0.15, 0.2) is 12.4 Å². The number of nitrogens with one attached hydrogen (secondary N) is 1. The van der Waals surface area contributed by atoms with Gasteiger partial charge in [0.2, 0.25) is 0 Å². The maximum absolute atomic E-state index is 6.26. The van der Waals surface area contributed by atoms with Crippen LogP contribution in [0.4, 0.5) is 0 Å². The van der Waals surface area contributed by atoms with Gasteiger partial charge in [-0.3, -0.25) is 4.68 Å². The minimum Gasteiger partial charge on any atom is -0.329 e. The van der Waals surface area contributed by atoms with Gasteiger partial charge in [0.05, 0.1) is 18.8 Å². The third-order valence-corrected chi connectivity index (χ3v) is 3.54. The molecule has 0 aliphatic rings. The number of hydrogen-bond donors (Lipinski definition) is 1. The molecule has 2 aromatic heterocycles. The summed E-state index contributed by atoms with van der Waals surface area (Å²) in [6, 6.07) is 0.439. The summed E-state index contributed by atoms with van der Waals surface area (Å²) in [7, 11) is 1.86. The SMILES string of the molecule is Cc1nn(C)c(Cl)c1Cn1ccnc1CNC(C)C. The maximum Gasteiger partial charge on any atom is 0.131 e. The van der Waals surface area contributed by atoms with E-state index in [9.17, 15) is 0 Å². The van der Waals surface area contributed by atoms with Crippen LogP contribution in [-0.4, -0.2) is 25.4 Å². The maximum atomic E-state index is 6.26. The lowest BCUT2D eigenvalue weighted by atomic mass is 10.2. The second-order valence-electron chi connectivity index (χ2n) is 4.99. The lowest BCUT2D eigenvalue weighted by Gasteiger charge is -2.10. The predicted octanol–water partition coefficient (Wildman–Crippen LogP) is 2.12. The molecular weight excluding hydrogens is 262 g/mol. The summed E-state index contributed by atoms with van der Waals surface area (Å²) >= 11 is 6.26. The Morgan fingerprint density at radius 3 is 2.74 bits per heavy atom. The van der Waals surface area contributed by atoms with Crippen LogP contribution >= 0.6 is 11.6 Å². The number of hydrogen-bond acceptors (Lipinski definition) is 3. The van der Waals surface area contributed by atoms with Crippen molar-refractivity contribution in [3.63, 3.8) is 0 Å². The number of aromatic nitrogens is 4. The van der Waals surface area contributed by atoms with Crippen LogP contribution in [0, 0.1) is 6.92 Å². The molecule has 0 atom stereocenters. The van der Waals surface area contributed by atoms with Gasteiger partial charge in [-0.25, -0.2) is 4.98 Å². The molecule has 0 fully saturated rings. The van der Waals surface area contributed by atoms with Crippen molar-refractivity contribution in [2.75, 3.05) is 0 Å². The summed E-state index contributed by atoms with van der Waals surface area (Å²) < 4.78 is 3.81. The average Bonchev–Trinajstić information content (AvgIpc) is 2.87. The van der Waals surface area contributed by atoms with Crippen LogP contribution in [0.5, 0.6) is 0 Å². The highest BCUT2D eigenvalue weighted by atomic mass is 35.5. The van der Waals surface area contributed by atoms with Crippen LogP contribution in [0.25, 0.3) is 0 Å². The minimum absolute atomic E-state index is 0.439. The fraction of sp³-hybridized carbons (Fsp3) is 0.538. The van der Waals surface area contributed by atoms with Crippen molar-refractivity contribution < 1.29 is 0 Å². The molecule has 0 aliphatic heterocycles. The molecule has 104 valence electrons. The highest BCUT2D eigenvalue weighted by molar-refractivity contribution is 6.30. The Balaban J connectivity index is 2.17. The van der Waals surface area contributed by atoms with E-state index in [-0.39, 0.29) is 0 Å². The summed E-state index contributed by atoms with van der Waals surface area (Å²) in [5.41, 5.74) is 2.01. The van der Waals surface area contributed by atoms with Crippen LogP contribution in [0.2, 0.25) is 5.15 Å². The topological polar surface area (TPSA) is 47.7 Å². The molecule has 2 aromatic rings. The first-order valence-electron chi connectivity index (χ1n) is 6.40. The summed E-state index contributed by atoms with van der Waals surface area (Å²) in [6.07, 6.45) is 3.79. The summed E-state index contributed by atoms with van der Waals surface area (Å²) in [5, 5.41) is 8.39. The van der Waals surface area contributed by atoms with Crippen LogP contribution in [0.3, 0.4) is 0 Å². The summed E-state index contributed by atoms with van der Waals surface area (Å²) in [6.45, 7) is 7.67. The van der Waals surface area contributed by atoms with Gasteiger partial charge < -0.3 is 9.88 Å². The molecule has 0 saturated carbocycles. The molecule has 0 amide bonds. The van der Waals surface area contributed by atoms with Gasteiger partial charge in [0.25, 0.3) is 0 Å². The molecule has 2 heterocycles. The van der Waals surface area contributed by atoms with E-state index < -0.39 is 0 Å². The normalized spacial score (nSPS) is 11.5.